The average molecular weight is 320 g/mol. The summed E-state index contributed by atoms with van der Waals surface area (Å²) >= 11 is 1.82. The summed E-state index contributed by atoms with van der Waals surface area (Å²) in [5, 5.41) is 6.46. The van der Waals surface area contributed by atoms with E-state index in [-0.39, 0.29) is 11.3 Å². The first-order valence-corrected chi connectivity index (χ1v) is 8.69. The highest BCUT2D eigenvalue weighted by Crippen LogP contribution is 2.36. The number of carbonyl (C=O) groups is 1. The fourth-order valence-electron chi connectivity index (χ4n) is 3.51. The lowest BCUT2D eigenvalue weighted by Gasteiger charge is -2.40. The van der Waals surface area contributed by atoms with Crippen molar-refractivity contribution in [1.82, 2.24) is 15.5 Å². The van der Waals surface area contributed by atoms with Crippen LogP contribution in [0.15, 0.2) is 17.1 Å². The van der Waals surface area contributed by atoms with Crippen molar-refractivity contribution >= 4 is 23.2 Å². The molecule has 2 saturated heterocycles. The molecule has 2 fully saturated rings. The van der Waals surface area contributed by atoms with Gasteiger partial charge in [0.1, 0.15) is 0 Å². The number of carbonyl (C=O) groups excluding carboxylic acids is 1. The fourth-order valence-corrected chi connectivity index (χ4v) is 4.34. The fraction of sp³-hybridized carbons (Fsp3) is 0.625. The predicted octanol–water partition coefficient (Wildman–Crippen LogP) is 1.73. The minimum atomic E-state index is 0.104. The third-order valence-corrected chi connectivity index (χ3v) is 5.59. The largest absolute Gasteiger partial charge is 0.355 e. The van der Waals surface area contributed by atoms with Crippen LogP contribution in [0.1, 0.15) is 29.0 Å². The zero-order valence-corrected chi connectivity index (χ0v) is 14.1. The summed E-state index contributed by atoms with van der Waals surface area (Å²) in [7, 11) is 1.83. The van der Waals surface area contributed by atoms with Gasteiger partial charge in [-0.05, 0) is 31.9 Å². The van der Waals surface area contributed by atoms with Gasteiger partial charge >= 0.3 is 0 Å². The number of amides is 1. The molecule has 2 aliphatic heterocycles. The monoisotopic (exact) mass is 320 g/mol. The number of likely N-dealkylation sites (tertiary alicyclic amines) is 1. The van der Waals surface area contributed by atoms with E-state index < -0.39 is 0 Å². The third kappa shape index (κ3) is 3.27. The number of guanidine groups is 1. The molecule has 2 aliphatic rings. The SMILES string of the molecule is CN=C(NCc1ccc(C)s1)N1CCCC2(CNC(=O)C2)C1. The standard InChI is InChI=1S/C16H24N4OS/c1-12-4-5-13(22-12)9-18-15(17-2)20-7-3-6-16(11-20)8-14(21)19-10-16/h4-5H,3,6-11H2,1-2H3,(H,17,18)(H,19,21). The summed E-state index contributed by atoms with van der Waals surface area (Å²) in [6.45, 7) is 5.67. The van der Waals surface area contributed by atoms with Gasteiger partial charge in [-0.15, -0.1) is 11.3 Å². The first-order valence-electron chi connectivity index (χ1n) is 7.88. The van der Waals surface area contributed by atoms with Crippen LogP contribution in [-0.4, -0.2) is 43.4 Å². The highest BCUT2D eigenvalue weighted by molar-refractivity contribution is 7.11. The van der Waals surface area contributed by atoms with Crippen molar-refractivity contribution in [3.63, 3.8) is 0 Å². The van der Waals surface area contributed by atoms with Crippen molar-refractivity contribution in [3.05, 3.63) is 21.9 Å². The Labute approximate surface area is 135 Å². The average Bonchev–Trinajstić information content (AvgIpc) is 3.06. The Hall–Kier alpha value is -1.56. The number of aliphatic imine (C=N–C) groups is 1. The molecule has 1 unspecified atom stereocenters. The summed E-state index contributed by atoms with van der Waals surface area (Å²) in [6, 6.07) is 4.31. The van der Waals surface area contributed by atoms with E-state index in [1.807, 2.05) is 18.4 Å². The van der Waals surface area contributed by atoms with E-state index in [1.165, 1.54) is 9.75 Å². The number of thiophene rings is 1. The molecule has 120 valence electrons. The van der Waals surface area contributed by atoms with Crippen molar-refractivity contribution in [2.75, 3.05) is 26.7 Å². The Morgan fingerprint density at radius 2 is 2.41 bits per heavy atom. The van der Waals surface area contributed by atoms with Crippen LogP contribution in [0.5, 0.6) is 0 Å². The molecule has 22 heavy (non-hydrogen) atoms. The van der Waals surface area contributed by atoms with Crippen molar-refractivity contribution < 1.29 is 4.79 Å². The quantitative estimate of drug-likeness (QED) is 0.644. The number of rotatable bonds is 2. The molecule has 3 heterocycles. The van der Waals surface area contributed by atoms with Crippen LogP contribution in [-0.2, 0) is 11.3 Å². The smallest absolute Gasteiger partial charge is 0.220 e. The molecule has 0 aliphatic carbocycles. The molecule has 1 aromatic heterocycles. The molecule has 1 amide bonds. The van der Waals surface area contributed by atoms with Gasteiger partial charge in [0.05, 0.1) is 6.54 Å². The maximum Gasteiger partial charge on any atom is 0.220 e. The van der Waals surface area contributed by atoms with Gasteiger partial charge in [-0.3, -0.25) is 9.79 Å². The van der Waals surface area contributed by atoms with Crippen molar-refractivity contribution in [3.8, 4) is 0 Å². The van der Waals surface area contributed by atoms with E-state index in [9.17, 15) is 4.79 Å². The molecular weight excluding hydrogens is 296 g/mol. The number of piperidine rings is 1. The molecule has 0 aromatic carbocycles. The van der Waals surface area contributed by atoms with E-state index in [0.29, 0.717) is 6.42 Å². The van der Waals surface area contributed by atoms with Crippen LogP contribution in [0.4, 0.5) is 0 Å². The Morgan fingerprint density at radius 3 is 3.05 bits per heavy atom. The number of nitrogens with zero attached hydrogens (tertiary/aromatic N) is 2. The Kier molecular flexibility index (Phi) is 4.38. The normalized spacial score (nSPS) is 25.6. The van der Waals surface area contributed by atoms with E-state index in [4.69, 9.17) is 0 Å². The molecule has 3 rings (SSSR count). The summed E-state index contributed by atoms with van der Waals surface area (Å²) in [5.74, 6) is 1.14. The van der Waals surface area contributed by atoms with E-state index in [0.717, 1.165) is 45.0 Å². The molecule has 6 heteroatoms. The van der Waals surface area contributed by atoms with E-state index in [2.05, 4.69) is 39.6 Å². The van der Waals surface area contributed by atoms with Crippen LogP contribution < -0.4 is 10.6 Å². The van der Waals surface area contributed by atoms with Crippen LogP contribution in [0.25, 0.3) is 0 Å². The highest BCUT2D eigenvalue weighted by Gasteiger charge is 2.42. The second-order valence-electron chi connectivity index (χ2n) is 6.39. The maximum atomic E-state index is 11.6. The van der Waals surface area contributed by atoms with E-state index >= 15 is 0 Å². The topological polar surface area (TPSA) is 56.7 Å². The summed E-state index contributed by atoms with van der Waals surface area (Å²) in [5.41, 5.74) is 0.104. The van der Waals surface area contributed by atoms with Gasteiger partial charge < -0.3 is 15.5 Å². The van der Waals surface area contributed by atoms with Crippen molar-refractivity contribution in [2.24, 2.45) is 10.4 Å². The van der Waals surface area contributed by atoms with Gasteiger partial charge in [0.15, 0.2) is 5.96 Å². The third-order valence-electron chi connectivity index (χ3n) is 4.59. The van der Waals surface area contributed by atoms with Crippen LogP contribution in [0.2, 0.25) is 0 Å². The molecule has 1 spiro atoms. The van der Waals surface area contributed by atoms with Crippen molar-refractivity contribution in [2.45, 2.75) is 32.7 Å². The van der Waals surface area contributed by atoms with Crippen LogP contribution in [0, 0.1) is 12.3 Å². The molecule has 0 radical (unpaired) electrons. The zero-order valence-electron chi connectivity index (χ0n) is 13.3. The van der Waals surface area contributed by atoms with Gasteiger partial charge in [-0.25, -0.2) is 0 Å². The lowest BCUT2D eigenvalue weighted by Crippen LogP contribution is -2.51. The Balaban J connectivity index is 1.62. The van der Waals surface area contributed by atoms with Crippen molar-refractivity contribution in [1.29, 1.82) is 0 Å². The summed E-state index contributed by atoms with van der Waals surface area (Å²) < 4.78 is 0. The zero-order chi connectivity index (χ0) is 15.6. The minimum Gasteiger partial charge on any atom is -0.355 e. The summed E-state index contributed by atoms with van der Waals surface area (Å²) in [4.78, 5) is 21.0. The first-order chi connectivity index (χ1) is 10.6. The van der Waals surface area contributed by atoms with Crippen LogP contribution in [0.3, 0.4) is 0 Å². The van der Waals surface area contributed by atoms with Crippen LogP contribution >= 0.6 is 11.3 Å². The van der Waals surface area contributed by atoms with Gasteiger partial charge in [-0.1, -0.05) is 0 Å². The van der Waals surface area contributed by atoms with Gasteiger partial charge in [0, 0.05) is 48.3 Å². The lowest BCUT2D eigenvalue weighted by atomic mass is 9.79. The van der Waals surface area contributed by atoms with Gasteiger partial charge in [0.2, 0.25) is 5.91 Å². The molecule has 0 saturated carbocycles. The molecule has 0 bridgehead atoms. The molecule has 1 atom stereocenters. The second kappa shape index (κ2) is 6.28. The molecular formula is C16H24N4OS. The highest BCUT2D eigenvalue weighted by atomic mass is 32.1. The Morgan fingerprint density at radius 1 is 1.55 bits per heavy atom. The summed E-state index contributed by atoms with van der Waals surface area (Å²) in [6.07, 6.45) is 2.90. The predicted molar refractivity (Wildman–Crippen MR) is 90.1 cm³/mol. The van der Waals surface area contributed by atoms with Gasteiger partial charge in [-0.2, -0.15) is 0 Å². The molecule has 2 N–H and O–H groups in total. The molecule has 1 aromatic rings. The second-order valence-corrected chi connectivity index (χ2v) is 7.76. The van der Waals surface area contributed by atoms with E-state index in [1.54, 1.807) is 0 Å². The number of hydrogen-bond donors (Lipinski definition) is 2. The molecule has 5 nitrogen and oxygen atoms in total. The number of aryl methyl sites for hydroxylation is 1. The van der Waals surface area contributed by atoms with Gasteiger partial charge in [0.25, 0.3) is 0 Å². The Bertz CT molecular complexity index is 582. The minimum absolute atomic E-state index is 0.104. The lowest BCUT2D eigenvalue weighted by molar-refractivity contribution is -0.119. The first kappa shape index (κ1) is 15.3. The number of hydrogen-bond acceptors (Lipinski definition) is 3. The maximum absolute atomic E-state index is 11.6. The number of nitrogens with one attached hydrogen (secondary N) is 2.